The molecule has 2 aromatic rings. The maximum atomic E-state index is 12.2. The molecule has 1 fully saturated rings. The Morgan fingerprint density at radius 3 is 2.86 bits per heavy atom. The molecule has 0 saturated carbocycles. The van der Waals surface area contributed by atoms with Crippen LogP contribution < -0.4 is 4.74 Å². The Morgan fingerprint density at radius 2 is 2.19 bits per heavy atom. The number of nitrogens with zero attached hydrogens (tertiary/aromatic N) is 2. The van der Waals surface area contributed by atoms with E-state index in [4.69, 9.17) is 4.74 Å². The average Bonchev–Trinajstić information content (AvgIpc) is 3.01. The lowest BCUT2D eigenvalue weighted by Crippen LogP contribution is -2.41. The van der Waals surface area contributed by atoms with Gasteiger partial charge in [-0.2, -0.15) is 5.10 Å². The van der Waals surface area contributed by atoms with Crippen molar-refractivity contribution in [1.82, 2.24) is 15.1 Å². The molecule has 1 aliphatic heterocycles. The van der Waals surface area contributed by atoms with Gasteiger partial charge in [0.25, 0.3) is 5.91 Å². The highest BCUT2D eigenvalue weighted by molar-refractivity contribution is 5.93. The van der Waals surface area contributed by atoms with Gasteiger partial charge in [0.1, 0.15) is 11.9 Å². The number of carbonyl (C=O) groups is 1. The molecule has 21 heavy (non-hydrogen) atoms. The zero-order valence-corrected chi connectivity index (χ0v) is 12.1. The number of hydrogen-bond acceptors (Lipinski definition) is 3. The van der Waals surface area contributed by atoms with Crippen LogP contribution in [0, 0.1) is 6.92 Å². The fourth-order valence-electron chi connectivity index (χ4n) is 2.61. The van der Waals surface area contributed by atoms with Crippen molar-refractivity contribution >= 4 is 5.91 Å². The van der Waals surface area contributed by atoms with E-state index < -0.39 is 0 Å². The second-order valence-electron chi connectivity index (χ2n) is 5.41. The van der Waals surface area contributed by atoms with Crippen LogP contribution in [-0.4, -0.2) is 40.2 Å². The zero-order valence-electron chi connectivity index (χ0n) is 12.1. The number of nitrogens with one attached hydrogen (secondary N) is 1. The van der Waals surface area contributed by atoms with E-state index >= 15 is 0 Å². The summed E-state index contributed by atoms with van der Waals surface area (Å²) in [6, 6.07) is 8.08. The molecule has 0 spiro atoms. The summed E-state index contributed by atoms with van der Waals surface area (Å²) in [5, 5.41) is 6.49. The molecule has 110 valence electrons. The van der Waals surface area contributed by atoms with Crippen molar-refractivity contribution in [1.29, 1.82) is 0 Å². The van der Waals surface area contributed by atoms with Crippen LogP contribution in [0.3, 0.4) is 0 Å². The quantitative estimate of drug-likeness (QED) is 0.942. The highest BCUT2D eigenvalue weighted by Gasteiger charge is 2.25. The minimum Gasteiger partial charge on any atom is -0.490 e. The molecule has 2 heterocycles. The van der Waals surface area contributed by atoms with Crippen LogP contribution in [0.4, 0.5) is 0 Å². The van der Waals surface area contributed by atoms with Gasteiger partial charge in [0.05, 0.1) is 11.8 Å². The minimum atomic E-state index is 0.0396. The Morgan fingerprint density at radius 1 is 1.38 bits per heavy atom. The summed E-state index contributed by atoms with van der Waals surface area (Å²) in [7, 11) is 0. The first-order valence-corrected chi connectivity index (χ1v) is 7.24. The molecular weight excluding hydrogens is 266 g/mol. The van der Waals surface area contributed by atoms with Crippen LogP contribution in [0.15, 0.2) is 36.7 Å². The van der Waals surface area contributed by atoms with E-state index in [9.17, 15) is 4.79 Å². The number of aromatic nitrogens is 2. The Balaban J connectivity index is 1.54. The summed E-state index contributed by atoms with van der Waals surface area (Å²) in [4.78, 5) is 14.1. The fourth-order valence-corrected chi connectivity index (χ4v) is 2.61. The molecule has 0 radical (unpaired) electrons. The summed E-state index contributed by atoms with van der Waals surface area (Å²) in [5.74, 6) is 0.951. The lowest BCUT2D eigenvalue weighted by atomic mass is 10.1. The van der Waals surface area contributed by atoms with Crippen molar-refractivity contribution in [2.24, 2.45) is 0 Å². The van der Waals surface area contributed by atoms with E-state index in [1.54, 1.807) is 12.4 Å². The van der Waals surface area contributed by atoms with Crippen molar-refractivity contribution in [3.63, 3.8) is 0 Å². The highest BCUT2D eigenvalue weighted by atomic mass is 16.5. The number of H-pyrrole nitrogens is 1. The van der Waals surface area contributed by atoms with Gasteiger partial charge in [-0.3, -0.25) is 9.89 Å². The van der Waals surface area contributed by atoms with E-state index in [1.165, 1.54) is 5.56 Å². The van der Waals surface area contributed by atoms with Gasteiger partial charge in [0, 0.05) is 32.1 Å². The van der Waals surface area contributed by atoms with Crippen LogP contribution >= 0.6 is 0 Å². The molecule has 0 bridgehead atoms. The second-order valence-corrected chi connectivity index (χ2v) is 5.41. The molecule has 5 nitrogen and oxygen atoms in total. The molecule has 1 aromatic heterocycles. The summed E-state index contributed by atoms with van der Waals surface area (Å²) < 4.78 is 6.00. The van der Waals surface area contributed by atoms with Crippen LogP contribution in [0.1, 0.15) is 28.8 Å². The van der Waals surface area contributed by atoms with Gasteiger partial charge in [0.2, 0.25) is 0 Å². The first-order valence-electron chi connectivity index (χ1n) is 7.24. The number of ether oxygens (including phenoxy) is 1. The summed E-state index contributed by atoms with van der Waals surface area (Å²) in [5.41, 5.74) is 1.81. The van der Waals surface area contributed by atoms with Crippen molar-refractivity contribution in [2.75, 3.05) is 13.1 Å². The molecule has 1 N–H and O–H groups in total. The first kappa shape index (κ1) is 13.7. The number of aryl methyl sites for hydroxylation is 1. The molecule has 0 aliphatic carbocycles. The summed E-state index contributed by atoms with van der Waals surface area (Å²) in [6.45, 7) is 3.50. The predicted octanol–water partition coefficient (Wildman–Crippen LogP) is 2.40. The van der Waals surface area contributed by atoms with Gasteiger partial charge < -0.3 is 9.64 Å². The van der Waals surface area contributed by atoms with Gasteiger partial charge in [-0.05, 0) is 24.6 Å². The van der Waals surface area contributed by atoms with Crippen LogP contribution in [-0.2, 0) is 0 Å². The van der Waals surface area contributed by atoms with Gasteiger partial charge in [-0.1, -0.05) is 12.1 Å². The van der Waals surface area contributed by atoms with Crippen molar-refractivity contribution in [3.8, 4) is 5.75 Å². The van der Waals surface area contributed by atoms with E-state index in [0.29, 0.717) is 5.56 Å². The third kappa shape index (κ3) is 3.24. The number of benzene rings is 1. The molecule has 3 rings (SSSR count). The average molecular weight is 285 g/mol. The van der Waals surface area contributed by atoms with Crippen LogP contribution in [0.25, 0.3) is 0 Å². The third-order valence-corrected chi connectivity index (χ3v) is 3.77. The lowest BCUT2D eigenvalue weighted by Gasteiger charge is -2.32. The number of rotatable bonds is 3. The number of carbonyl (C=O) groups excluding carboxylic acids is 1. The largest absolute Gasteiger partial charge is 0.490 e. The topological polar surface area (TPSA) is 58.2 Å². The zero-order chi connectivity index (χ0) is 14.7. The Kier molecular flexibility index (Phi) is 3.90. The summed E-state index contributed by atoms with van der Waals surface area (Å²) >= 11 is 0. The van der Waals surface area contributed by atoms with Crippen molar-refractivity contribution in [2.45, 2.75) is 25.9 Å². The van der Waals surface area contributed by atoms with Gasteiger partial charge >= 0.3 is 0 Å². The number of amides is 1. The molecule has 0 atom stereocenters. The van der Waals surface area contributed by atoms with Crippen LogP contribution in [0.2, 0.25) is 0 Å². The Hall–Kier alpha value is -2.30. The molecule has 0 unspecified atom stereocenters. The maximum Gasteiger partial charge on any atom is 0.257 e. The molecule has 1 amide bonds. The molecular formula is C16H19N3O2. The third-order valence-electron chi connectivity index (χ3n) is 3.77. The SMILES string of the molecule is Cc1cccc(OC2CCN(C(=O)c3cn[nH]c3)CC2)c1. The standard InChI is InChI=1S/C16H19N3O2/c1-12-3-2-4-15(9-12)21-14-5-7-19(8-6-14)16(20)13-10-17-18-11-13/h2-4,9-11,14H,5-8H2,1H3,(H,17,18). The van der Waals surface area contributed by atoms with Gasteiger partial charge in [-0.25, -0.2) is 0 Å². The predicted molar refractivity (Wildman–Crippen MR) is 79.3 cm³/mol. The minimum absolute atomic E-state index is 0.0396. The molecule has 1 aromatic carbocycles. The van der Waals surface area contributed by atoms with Gasteiger partial charge in [-0.15, -0.1) is 0 Å². The highest BCUT2D eigenvalue weighted by Crippen LogP contribution is 2.20. The number of hydrogen-bond donors (Lipinski definition) is 1. The second kappa shape index (κ2) is 5.99. The maximum absolute atomic E-state index is 12.2. The number of likely N-dealkylation sites (tertiary alicyclic amines) is 1. The number of piperidine rings is 1. The van der Waals surface area contributed by atoms with Crippen LogP contribution in [0.5, 0.6) is 5.75 Å². The monoisotopic (exact) mass is 285 g/mol. The Labute approximate surface area is 123 Å². The molecule has 5 heteroatoms. The molecule has 1 aliphatic rings. The lowest BCUT2D eigenvalue weighted by molar-refractivity contribution is 0.0595. The normalized spacial score (nSPS) is 16.0. The fraction of sp³-hybridized carbons (Fsp3) is 0.375. The van der Waals surface area contributed by atoms with E-state index in [1.807, 2.05) is 23.1 Å². The van der Waals surface area contributed by atoms with Gasteiger partial charge in [0.15, 0.2) is 0 Å². The van der Waals surface area contributed by atoms with E-state index in [2.05, 4.69) is 23.2 Å². The first-order chi connectivity index (χ1) is 10.2. The van der Waals surface area contributed by atoms with E-state index in [0.717, 1.165) is 31.7 Å². The summed E-state index contributed by atoms with van der Waals surface area (Å²) in [6.07, 6.45) is 5.10. The van der Waals surface area contributed by atoms with Crippen molar-refractivity contribution < 1.29 is 9.53 Å². The number of aromatic amines is 1. The Bertz CT molecular complexity index is 602. The smallest absolute Gasteiger partial charge is 0.257 e. The van der Waals surface area contributed by atoms with Crippen molar-refractivity contribution in [3.05, 3.63) is 47.8 Å². The van der Waals surface area contributed by atoms with E-state index in [-0.39, 0.29) is 12.0 Å². The molecule has 1 saturated heterocycles.